The second kappa shape index (κ2) is 7.05. The van der Waals surface area contributed by atoms with Crippen molar-refractivity contribution in [3.8, 4) is 0 Å². The van der Waals surface area contributed by atoms with Gasteiger partial charge in [0.15, 0.2) is 5.69 Å². The molecular weight excluding hydrogens is 316 g/mol. The van der Waals surface area contributed by atoms with Crippen LogP contribution >= 0.6 is 0 Å². The van der Waals surface area contributed by atoms with Crippen LogP contribution in [0.5, 0.6) is 0 Å². The molecule has 1 fully saturated rings. The molecule has 1 amide bonds. The zero-order valence-corrected chi connectivity index (χ0v) is 12.8. The fraction of sp³-hybridized carbons (Fsp3) is 0.636. The lowest BCUT2D eigenvalue weighted by molar-refractivity contribution is 0.00560. The number of ether oxygens (including phenoxy) is 2. The lowest BCUT2D eigenvalue weighted by atomic mass is 10.3. The molecule has 0 aliphatic carbocycles. The number of rotatable bonds is 5. The van der Waals surface area contributed by atoms with Gasteiger partial charge in [-0.15, -0.1) is 0 Å². The van der Waals surface area contributed by atoms with Crippen molar-refractivity contribution in [3.05, 3.63) is 12.0 Å². The van der Waals surface area contributed by atoms with Gasteiger partial charge in [-0.1, -0.05) is 0 Å². The van der Waals surface area contributed by atoms with Gasteiger partial charge in [-0.25, -0.2) is 4.72 Å². The number of hydrogen-bond donors (Lipinski definition) is 2. The SMILES string of the molecule is COC[C@@H]1CCN(S(=O)(=O)NC(=O)c2coc(N)n2)CCO1. The molecule has 11 heteroatoms. The van der Waals surface area contributed by atoms with E-state index in [2.05, 4.69) is 9.40 Å². The average Bonchev–Trinajstić information content (AvgIpc) is 2.74. The minimum absolute atomic E-state index is 0.143. The zero-order chi connectivity index (χ0) is 16.2. The van der Waals surface area contributed by atoms with Crippen molar-refractivity contribution in [1.82, 2.24) is 14.0 Å². The number of oxazole rings is 1. The minimum Gasteiger partial charge on any atom is -0.431 e. The first-order valence-corrected chi connectivity index (χ1v) is 8.00. The summed E-state index contributed by atoms with van der Waals surface area (Å²) in [4.78, 5) is 15.4. The molecule has 2 rings (SSSR count). The summed E-state index contributed by atoms with van der Waals surface area (Å²) in [5.74, 6) is -0.904. The number of aromatic nitrogens is 1. The molecule has 0 radical (unpaired) electrons. The maximum absolute atomic E-state index is 12.2. The first-order valence-electron chi connectivity index (χ1n) is 6.56. The van der Waals surface area contributed by atoms with Crippen LogP contribution in [-0.2, 0) is 19.7 Å². The van der Waals surface area contributed by atoms with Crippen molar-refractivity contribution in [3.63, 3.8) is 0 Å². The van der Waals surface area contributed by atoms with E-state index < -0.39 is 16.1 Å². The largest absolute Gasteiger partial charge is 0.431 e. The van der Waals surface area contributed by atoms with Crippen LogP contribution in [0.4, 0.5) is 6.01 Å². The van der Waals surface area contributed by atoms with Crippen LogP contribution in [0.1, 0.15) is 16.9 Å². The highest BCUT2D eigenvalue weighted by atomic mass is 32.2. The van der Waals surface area contributed by atoms with Crippen LogP contribution < -0.4 is 10.5 Å². The molecule has 0 unspecified atom stereocenters. The molecule has 0 spiro atoms. The van der Waals surface area contributed by atoms with E-state index in [9.17, 15) is 13.2 Å². The van der Waals surface area contributed by atoms with Gasteiger partial charge in [-0.05, 0) is 6.42 Å². The second-order valence-corrected chi connectivity index (χ2v) is 6.31. The molecule has 1 saturated heterocycles. The topological polar surface area (TPSA) is 137 Å². The van der Waals surface area contributed by atoms with Gasteiger partial charge in [0.05, 0.1) is 19.3 Å². The van der Waals surface area contributed by atoms with Gasteiger partial charge in [0, 0.05) is 20.2 Å². The van der Waals surface area contributed by atoms with Gasteiger partial charge in [-0.3, -0.25) is 4.79 Å². The van der Waals surface area contributed by atoms with E-state index in [1.54, 1.807) is 7.11 Å². The van der Waals surface area contributed by atoms with Crippen LogP contribution in [0.2, 0.25) is 0 Å². The number of nitrogens with one attached hydrogen (secondary N) is 1. The van der Waals surface area contributed by atoms with E-state index in [1.165, 1.54) is 0 Å². The Morgan fingerprint density at radius 1 is 1.59 bits per heavy atom. The third kappa shape index (κ3) is 4.16. The summed E-state index contributed by atoms with van der Waals surface area (Å²) in [6, 6.07) is -0.215. The number of nitrogens with two attached hydrogens (primary N) is 1. The summed E-state index contributed by atoms with van der Waals surface area (Å²) in [6.07, 6.45) is 1.29. The first-order chi connectivity index (χ1) is 10.4. The maximum atomic E-state index is 12.2. The summed E-state index contributed by atoms with van der Waals surface area (Å²) < 4.78 is 42.6. The Balaban J connectivity index is 1.99. The van der Waals surface area contributed by atoms with Gasteiger partial charge >= 0.3 is 10.2 Å². The van der Waals surface area contributed by atoms with Gasteiger partial charge in [0.1, 0.15) is 6.26 Å². The van der Waals surface area contributed by atoms with E-state index in [1.807, 2.05) is 4.72 Å². The fourth-order valence-electron chi connectivity index (χ4n) is 1.99. The third-order valence-corrected chi connectivity index (χ3v) is 4.55. The number of carbonyl (C=O) groups excluding carboxylic acids is 1. The normalized spacial score (nSPS) is 20.5. The lowest BCUT2D eigenvalue weighted by Crippen LogP contribution is -2.44. The minimum atomic E-state index is -3.99. The Morgan fingerprint density at radius 2 is 2.36 bits per heavy atom. The van der Waals surface area contributed by atoms with Crippen LogP contribution in [-0.4, -0.2) is 63.1 Å². The van der Waals surface area contributed by atoms with Crippen molar-refractivity contribution in [2.45, 2.75) is 12.5 Å². The van der Waals surface area contributed by atoms with E-state index in [-0.39, 0.29) is 37.5 Å². The highest BCUT2D eigenvalue weighted by Crippen LogP contribution is 2.11. The molecule has 1 aromatic rings. The third-order valence-electron chi connectivity index (χ3n) is 3.06. The van der Waals surface area contributed by atoms with Crippen molar-refractivity contribution in [2.75, 3.05) is 39.1 Å². The van der Waals surface area contributed by atoms with Gasteiger partial charge in [0.2, 0.25) is 0 Å². The van der Waals surface area contributed by atoms with Crippen molar-refractivity contribution < 1.29 is 27.1 Å². The number of carbonyl (C=O) groups is 1. The summed E-state index contributed by atoms with van der Waals surface area (Å²) in [5.41, 5.74) is 5.04. The predicted octanol–water partition coefficient (Wildman–Crippen LogP) is -1.03. The molecule has 2 heterocycles. The molecule has 124 valence electrons. The molecular formula is C11H18N4O6S. The summed E-state index contributed by atoms with van der Waals surface area (Å²) in [5, 5.41) is 0. The van der Waals surface area contributed by atoms with E-state index >= 15 is 0 Å². The predicted molar refractivity (Wildman–Crippen MR) is 75.1 cm³/mol. The smallest absolute Gasteiger partial charge is 0.304 e. The molecule has 0 aromatic carbocycles. The highest BCUT2D eigenvalue weighted by molar-refractivity contribution is 7.87. The molecule has 1 aromatic heterocycles. The maximum Gasteiger partial charge on any atom is 0.304 e. The number of hydrogen-bond acceptors (Lipinski definition) is 8. The van der Waals surface area contributed by atoms with Crippen LogP contribution in [0, 0.1) is 0 Å². The number of methoxy groups -OCH3 is 1. The quantitative estimate of drug-likeness (QED) is 0.697. The number of anilines is 1. The summed E-state index contributed by atoms with van der Waals surface area (Å²) in [7, 11) is -2.44. The van der Waals surface area contributed by atoms with Gasteiger partial charge in [-0.2, -0.15) is 17.7 Å². The Labute approximate surface area is 127 Å². The standard InChI is InChI=1S/C11H18N4O6S/c1-19-6-8-2-3-15(4-5-20-8)22(17,18)14-10(16)9-7-21-11(12)13-9/h7-8H,2-6H2,1H3,(H2,12,13)(H,14,16)/t8-/m0/s1. The van der Waals surface area contributed by atoms with Crippen molar-refractivity contribution in [2.24, 2.45) is 0 Å². The second-order valence-electron chi connectivity index (χ2n) is 4.64. The molecule has 3 N–H and O–H groups in total. The van der Waals surface area contributed by atoms with Crippen molar-refractivity contribution in [1.29, 1.82) is 0 Å². The Hall–Kier alpha value is -1.69. The molecule has 1 atom stereocenters. The summed E-state index contributed by atoms with van der Waals surface area (Å²) >= 11 is 0. The fourth-order valence-corrected chi connectivity index (χ4v) is 3.12. The van der Waals surface area contributed by atoms with Crippen molar-refractivity contribution >= 4 is 22.1 Å². The number of nitrogens with zero attached hydrogens (tertiary/aromatic N) is 2. The average molecular weight is 334 g/mol. The highest BCUT2D eigenvalue weighted by Gasteiger charge is 2.28. The molecule has 0 saturated carbocycles. The van der Waals surface area contributed by atoms with Crippen LogP contribution in [0.25, 0.3) is 0 Å². The number of amides is 1. The van der Waals surface area contributed by atoms with Crippen LogP contribution in [0.15, 0.2) is 10.7 Å². The van der Waals surface area contributed by atoms with E-state index in [0.717, 1.165) is 10.6 Å². The molecule has 10 nitrogen and oxygen atoms in total. The Kier molecular flexibility index (Phi) is 5.34. The van der Waals surface area contributed by atoms with Gasteiger partial charge in [0.25, 0.3) is 11.9 Å². The Morgan fingerprint density at radius 3 is 3.00 bits per heavy atom. The van der Waals surface area contributed by atoms with Gasteiger partial charge < -0.3 is 19.6 Å². The summed E-state index contributed by atoms with van der Waals surface area (Å²) in [6.45, 7) is 0.972. The monoisotopic (exact) mass is 334 g/mol. The Bertz CT molecular complexity index is 616. The molecule has 22 heavy (non-hydrogen) atoms. The van der Waals surface area contributed by atoms with Crippen LogP contribution in [0.3, 0.4) is 0 Å². The lowest BCUT2D eigenvalue weighted by Gasteiger charge is -2.19. The number of nitrogen functional groups attached to an aromatic ring is 1. The zero-order valence-electron chi connectivity index (χ0n) is 12.0. The molecule has 1 aliphatic heterocycles. The van der Waals surface area contributed by atoms with E-state index in [4.69, 9.17) is 15.2 Å². The first kappa shape index (κ1) is 16.7. The van der Waals surface area contributed by atoms with E-state index in [0.29, 0.717) is 13.0 Å². The molecule has 0 bridgehead atoms. The molecule has 1 aliphatic rings.